The van der Waals surface area contributed by atoms with Crippen molar-refractivity contribution < 1.29 is 4.79 Å². The van der Waals surface area contributed by atoms with E-state index in [0.29, 0.717) is 5.92 Å². The molecule has 0 saturated heterocycles. The second kappa shape index (κ2) is 4.14. The van der Waals surface area contributed by atoms with Gasteiger partial charge in [0.1, 0.15) is 0 Å². The molecule has 0 heterocycles. The molecule has 1 aliphatic rings. The molecular weight excluding hydrogens is 160 g/mol. The molecule has 0 aromatic heterocycles. The summed E-state index contributed by atoms with van der Waals surface area (Å²) in [7, 11) is 0. The fraction of sp³-hybridized carbons (Fsp3) is 0.222. The van der Waals surface area contributed by atoms with Crippen LogP contribution in [0.4, 0.5) is 0 Å². The summed E-state index contributed by atoms with van der Waals surface area (Å²) in [5.41, 5.74) is 0. The number of carbonyl (C=O) groups is 1. The third kappa shape index (κ3) is 3.19. The molecule has 0 aliphatic heterocycles. The average Bonchev–Trinajstić information content (AvgIpc) is 2.03. The quantitative estimate of drug-likeness (QED) is 0.457. The zero-order valence-corrected chi connectivity index (χ0v) is 6.79. The van der Waals surface area contributed by atoms with Gasteiger partial charge in [-0.25, -0.2) is 0 Å². The summed E-state index contributed by atoms with van der Waals surface area (Å²) >= 11 is 5.13. The molecule has 11 heavy (non-hydrogen) atoms. The van der Waals surface area contributed by atoms with Gasteiger partial charge in [0.2, 0.25) is 5.24 Å². The SMILES string of the molecule is O=C(Cl)/C=C/C1C=CC=CC1. The maximum atomic E-state index is 10.3. The third-order valence-corrected chi connectivity index (χ3v) is 1.61. The lowest BCUT2D eigenvalue weighted by Crippen LogP contribution is -1.92. The second-order valence-corrected chi connectivity index (χ2v) is 2.75. The van der Waals surface area contributed by atoms with Gasteiger partial charge in [0, 0.05) is 0 Å². The first-order valence-corrected chi connectivity index (χ1v) is 3.88. The van der Waals surface area contributed by atoms with E-state index in [0.717, 1.165) is 6.42 Å². The van der Waals surface area contributed by atoms with E-state index < -0.39 is 5.24 Å². The number of carbonyl (C=O) groups excluding carboxylic acids is 1. The van der Waals surface area contributed by atoms with E-state index in [9.17, 15) is 4.79 Å². The molecule has 1 atom stereocenters. The Morgan fingerprint density at radius 1 is 1.55 bits per heavy atom. The summed E-state index contributed by atoms with van der Waals surface area (Å²) in [4.78, 5) is 10.3. The van der Waals surface area contributed by atoms with Crippen LogP contribution in [-0.2, 0) is 4.79 Å². The second-order valence-electron chi connectivity index (χ2n) is 2.38. The highest BCUT2D eigenvalue weighted by atomic mass is 35.5. The molecule has 1 rings (SSSR count). The van der Waals surface area contributed by atoms with Crippen LogP contribution in [0.5, 0.6) is 0 Å². The Labute approximate surface area is 71.0 Å². The Kier molecular flexibility index (Phi) is 3.12. The summed E-state index contributed by atoms with van der Waals surface area (Å²) < 4.78 is 0. The van der Waals surface area contributed by atoms with Crippen molar-refractivity contribution in [1.29, 1.82) is 0 Å². The average molecular weight is 169 g/mol. The largest absolute Gasteiger partial charge is 0.276 e. The summed E-state index contributed by atoms with van der Waals surface area (Å²) in [6, 6.07) is 0. The van der Waals surface area contributed by atoms with Gasteiger partial charge in [-0.3, -0.25) is 4.79 Å². The summed E-state index contributed by atoms with van der Waals surface area (Å²) in [5.74, 6) is 0.336. The van der Waals surface area contributed by atoms with Gasteiger partial charge in [-0.05, 0) is 30.0 Å². The van der Waals surface area contributed by atoms with Crippen LogP contribution in [0.25, 0.3) is 0 Å². The molecule has 0 amide bonds. The fourth-order valence-electron chi connectivity index (χ4n) is 0.942. The number of rotatable bonds is 2. The first kappa shape index (κ1) is 8.28. The summed E-state index contributed by atoms with van der Waals surface area (Å²) in [6.45, 7) is 0. The molecule has 0 spiro atoms. The van der Waals surface area contributed by atoms with E-state index in [1.54, 1.807) is 0 Å². The Morgan fingerprint density at radius 2 is 2.36 bits per heavy atom. The molecule has 0 aromatic rings. The molecule has 0 radical (unpaired) electrons. The lowest BCUT2D eigenvalue weighted by molar-refractivity contribution is -0.107. The van der Waals surface area contributed by atoms with Crippen molar-refractivity contribution in [2.45, 2.75) is 6.42 Å². The van der Waals surface area contributed by atoms with Crippen molar-refractivity contribution in [3.8, 4) is 0 Å². The molecular formula is C9H9ClO. The minimum atomic E-state index is -0.409. The van der Waals surface area contributed by atoms with Crippen molar-refractivity contribution in [3.05, 3.63) is 36.5 Å². The Morgan fingerprint density at radius 3 is 2.91 bits per heavy atom. The Balaban J connectivity index is 2.44. The minimum absolute atomic E-state index is 0.336. The van der Waals surface area contributed by atoms with Gasteiger partial charge in [0.25, 0.3) is 0 Å². The highest BCUT2D eigenvalue weighted by Crippen LogP contribution is 2.12. The topological polar surface area (TPSA) is 17.1 Å². The van der Waals surface area contributed by atoms with Gasteiger partial charge < -0.3 is 0 Å². The van der Waals surface area contributed by atoms with Crippen LogP contribution in [-0.4, -0.2) is 5.24 Å². The predicted molar refractivity (Wildman–Crippen MR) is 46.4 cm³/mol. The lowest BCUT2D eigenvalue weighted by atomic mass is 10.0. The molecule has 0 aromatic carbocycles. The van der Waals surface area contributed by atoms with Crippen molar-refractivity contribution in [2.75, 3.05) is 0 Å². The Bertz CT molecular complexity index is 226. The number of allylic oxidation sites excluding steroid dienone is 6. The van der Waals surface area contributed by atoms with Gasteiger partial charge in [0.05, 0.1) is 0 Å². The van der Waals surface area contributed by atoms with Crippen LogP contribution in [0, 0.1) is 5.92 Å². The van der Waals surface area contributed by atoms with Gasteiger partial charge in [-0.2, -0.15) is 0 Å². The smallest absolute Gasteiger partial charge is 0.244 e. The van der Waals surface area contributed by atoms with Crippen molar-refractivity contribution in [3.63, 3.8) is 0 Å². The van der Waals surface area contributed by atoms with Crippen molar-refractivity contribution in [2.24, 2.45) is 5.92 Å². The molecule has 0 saturated carbocycles. The van der Waals surface area contributed by atoms with E-state index in [1.165, 1.54) is 6.08 Å². The molecule has 0 bridgehead atoms. The molecule has 0 fully saturated rings. The normalized spacial score (nSPS) is 22.8. The van der Waals surface area contributed by atoms with Crippen LogP contribution in [0.3, 0.4) is 0 Å². The molecule has 58 valence electrons. The Hall–Kier alpha value is -0.820. The van der Waals surface area contributed by atoms with Crippen LogP contribution in [0.1, 0.15) is 6.42 Å². The monoisotopic (exact) mass is 168 g/mol. The number of halogens is 1. The molecule has 1 aliphatic carbocycles. The maximum Gasteiger partial charge on any atom is 0.244 e. The van der Waals surface area contributed by atoms with E-state index >= 15 is 0 Å². The van der Waals surface area contributed by atoms with E-state index in [4.69, 9.17) is 11.6 Å². The first-order chi connectivity index (χ1) is 5.29. The molecule has 0 N–H and O–H groups in total. The van der Waals surface area contributed by atoms with E-state index in [2.05, 4.69) is 6.08 Å². The number of hydrogen-bond donors (Lipinski definition) is 0. The fourth-order valence-corrected chi connectivity index (χ4v) is 1.01. The lowest BCUT2D eigenvalue weighted by Gasteiger charge is -2.05. The highest BCUT2D eigenvalue weighted by molar-refractivity contribution is 6.66. The van der Waals surface area contributed by atoms with E-state index in [-0.39, 0.29) is 0 Å². The van der Waals surface area contributed by atoms with Crippen molar-refractivity contribution in [1.82, 2.24) is 0 Å². The standard InChI is InChI=1S/C9H9ClO/c10-9(11)7-6-8-4-2-1-3-5-8/h1-4,6-8H,5H2/b7-6+. The van der Waals surface area contributed by atoms with Crippen LogP contribution < -0.4 is 0 Å². The number of hydrogen-bond acceptors (Lipinski definition) is 1. The zero-order chi connectivity index (χ0) is 8.10. The molecule has 1 unspecified atom stereocenters. The predicted octanol–water partition coefficient (Wildman–Crippen LogP) is 2.44. The van der Waals surface area contributed by atoms with Gasteiger partial charge in [-0.1, -0.05) is 30.4 Å². The van der Waals surface area contributed by atoms with Crippen LogP contribution in [0.15, 0.2) is 36.5 Å². The van der Waals surface area contributed by atoms with Crippen LogP contribution in [0.2, 0.25) is 0 Å². The first-order valence-electron chi connectivity index (χ1n) is 3.50. The minimum Gasteiger partial charge on any atom is -0.276 e. The van der Waals surface area contributed by atoms with Crippen molar-refractivity contribution >= 4 is 16.8 Å². The van der Waals surface area contributed by atoms with Gasteiger partial charge in [-0.15, -0.1) is 0 Å². The van der Waals surface area contributed by atoms with Gasteiger partial charge in [0.15, 0.2) is 0 Å². The third-order valence-electron chi connectivity index (χ3n) is 1.49. The van der Waals surface area contributed by atoms with Gasteiger partial charge >= 0.3 is 0 Å². The molecule has 2 heteroatoms. The van der Waals surface area contributed by atoms with Crippen LogP contribution >= 0.6 is 11.6 Å². The highest BCUT2D eigenvalue weighted by Gasteiger charge is 1.99. The summed E-state index contributed by atoms with van der Waals surface area (Å²) in [6.07, 6.45) is 12.2. The zero-order valence-electron chi connectivity index (χ0n) is 6.03. The summed E-state index contributed by atoms with van der Waals surface area (Å²) in [5, 5.41) is -0.409. The molecule has 1 nitrogen and oxygen atoms in total. The van der Waals surface area contributed by atoms with E-state index in [1.807, 2.05) is 24.3 Å². The maximum absolute atomic E-state index is 10.3.